The molecule has 0 radical (unpaired) electrons. The molecule has 0 aliphatic heterocycles. The number of aromatic nitrogens is 1. The molecule has 1 heterocycles. The molecule has 0 saturated carbocycles. The fraction of sp³-hybridized carbons (Fsp3) is 0.312. The van der Waals surface area contributed by atoms with Crippen LogP contribution in [0.3, 0.4) is 0 Å². The van der Waals surface area contributed by atoms with Crippen molar-refractivity contribution in [2.45, 2.75) is 26.7 Å². The molecule has 2 rings (SSSR count). The molecule has 1 aromatic heterocycles. The van der Waals surface area contributed by atoms with Crippen molar-refractivity contribution < 1.29 is 4.79 Å². The predicted octanol–water partition coefficient (Wildman–Crippen LogP) is 4.27. The summed E-state index contributed by atoms with van der Waals surface area (Å²) in [6.07, 6.45) is 2.65. The first kappa shape index (κ1) is 15.5. The Balaban J connectivity index is 2.41. The zero-order chi connectivity index (χ0) is 15.5. The van der Waals surface area contributed by atoms with Crippen LogP contribution in [0.25, 0.3) is 10.9 Å². The summed E-state index contributed by atoms with van der Waals surface area (Å²) in [6, 6.07) is 9.68. The van der Waals surface area contributed by atoms with E-state index in [1.807, 2.05) is 32.0 Å². The van der Waals surface area contributed by atoms with Gasteiger partial charge in [0.15, 0.2) is 0 Å². The minimum absolute atomic E-state index is 0.271. The van der Waals surface area contributed by atoms with Crippen molar-refractivity contribution in [3.05, 3.63) is 34.9 Å². The molecule has 0 bridgehead atoms. The molecule has 1 aromatic carbocycles. The van der Waals surface area contributed by atoms with Gasteiger partial charge < -0.3 is 5.32 Å². The molecule has 4 nitrogen and oxygen atoms in total. The van der Waals surface area contributed by atoms with Crippen LogP contribution in [-0.4, -0.2) is 10.9 Å². The maximum absolute atomic E-state index is 12.5. The second-order valence-electron chi connectivity index (χ2n) is 4.89. The molecule has 0 unspecified atom stereocenters. The third-order valence-electron chi connectivity index (χ3n) is 3.78. The maximum Gasteiger partial charge on any atom is 0.244 e. The highest BCUT2D eigenvalue weighted by molar-refractivity contribution is 9.10. The topological polar surface area (TPSA) is 65.8 Å². The van der Waals surface area contributed by atoms with Gasteiger partial charge in [-0.2, -0.15) is 5.26 Å². The van der Waals surface area contributed by atoms with Crippen molar-refractivity contribution in [1.82, 2.24) is 4.98 Å². The molecular weight excluding hydrogens is 330 g/mol. The van der Waals surface area contributed by atoms with E-state index in [1.165, 1.54) is 0 Å². The summed E-state index contributed by atoms with van der Waals surface area (Å²) in [7, 11) is 0. The molecule has 0 saturated heterocycles. The summed E-state index contributed by atoms with van der Waals surface area (Å²) in [6.45, 7) is 3.70. The van der Waals surface area contributed by atoms with Gasteiger partial charge in [-0.1, -0.05) is 26.0 Å². The number of carbonyl (C=O) groups is 1. The molecule has 0 spiro atoms. The Morgan fingerprint density at radius 3 is 2.76 bits per heavy atom. The van der Waals surface area contributed by atoms with E-state index in [-0.39, 0.29) is 5.91 Å². The van der Waals surface area contributed by atoms with Gasteiger partial charge in [-0.15, -0.1) is 0 Å². The molecular formula is C16H16BrN3O. The zero-order valence-corrected chi connectivity index (χ0v) is 13.6. The lowest BCUT2D eigenvalue weighted by molar-refractivity contribution is -0.123. The van der Waals surface area contributed by atoms with Crippen LogP contribution in [0, 0.1) is 16.7 Å². The van der Waals surface area contributed by atoms with E-state index < -0.39 is 5.41 Å². The van der Waals surface area contributed by atoms with Crippen molar-refractivity contribution in [3.8, 4) is 6.07 Å². The number of carbonyl (C=O) groups excluding carboxylic acids is 1. The van der Waals surface area contributed by atoms with Crippen molar-refractivity contribution in [1.29, 1.82) is 5.26 Å². The number of nitrogens with zero attached hydrogens (tertiary/aromatic N) is 2. The number of rotatable bonds is 4. The summed E-state index contributed by atoms with van der Waals surface area (Å²) in [5.41, 5.74) is 0.358. The lowest BCUT2D eigenvalue weighted by Crippen LogP contribution is -2.34. The van der Waals surface area contributed by atoms with Crippen molar-refractivity contribution in [2.24, 2.45) is 5.41 Å². The Morgan fingerprint density at radius 2 is 2.14 bits per heavy atom. The average Bonchev–Trinajstić information content (AvgIpc) is 2.49. The smallest absolute Gasteiger partial charge is 0.244 e. The number of pyridine rings is 1. The van der Waals surface area contributed by atoms with Gasteiger partial charge in [0.05, 0.1) is 17.3 Å². The number of nitriles is 1. The molecule has 5 heteroatoms. The first-order valence-corrected chi connectivity index (χ1v) is 7.62. The Morgan fingerprint density at radius 1 is 1.43 bits per heavy atom. The molecule has 0 atom stereocenters. The minimum Gasteiger partial charge on any atom is -0.323 e. The van der Waals surface area contributed by atoms with E-state index in [9.17, 15) is 10.1 Å². The van der Waals surface area contributed by atoms with Crippen LogP contribution in [-0.2, 0) is 4.79 Å². The summed E-state index contributed by atoms with van der Waals surface area (Å²) in [5, 5.41) is 13.1. The van der Waals surface area contributed by atoms with E-state index in [0.717, 1.165) is 9.86 Å². The largest absolute Gasteiger partial charge is 0.323 e. The van der Waals surface area contributed by atoms with Crippen molar-refractivity contribution in [3.63, 3.8) is 0 Å². The number of halogens is 1. The SMILES string of the molecule is CCC(C#N)(CC)C(=O)Nc1cccc2cc(Br)cnc12. The van der Waals surface area contributed by atoms with E-state index >= 15 is 0 Å². The van der Waals surface area contributed by atoms with Gasteiger partial charge >= 0.3 is 0 Å². The van der Waals surface area contributed by atoms with Gasteiger partial charge in [0.2, 0.25) is 5.91 Å². The van der Waals surface area contributed by atoms with Crippen LogP contribution >= 0.6 is 15.9 Å². The zero-order valence-electron chi connectivity index (χ0n) is 12.0. The highest BCUT2D eigenvalue weighted by Gasteiger charge is 2.35. The van der Waals surface area contributed by atoms with Gasteiger partial charge in [-0.25, -0.2) is 0 Å². The number of fused-ring (bicyclic) bond motifs is 1. The van der Waals surface area contributed by atoms with Crippen LogP contribution in [0.2, 0.25) is 0 Å². The molecule has 0 fully saturated rings. The Labute approximate surface area is 132 Å². The molecule has 2 aromatic rings. The van der Waals surface area contributed by atoms with Crippen molar-refractivity contribution >= 4 is 38.4 Å². The fourth-order valence-corrected chi connectivity index (χ4v) is 2.61. The second-order valence-corrected chi connectivity index (χ2v) is 5.80. The van der Waals surface area contributed by atoms with Gasteiger partial charge in [0, 0.05) is 16.1 Å². The number of anilines is 1. The molecule has 21 heavy (non-hydrogen) atoms. The Hall–Kier alpha value is -1.93. The number of nitrogens with one attached hydrogen (secondary N) is 1. The first-order valence-electron chi connectivity index (χ1n) is 6.83. The molecule has 108 valence electrons. The minimum atomic E-state index is -0.989. The van der Waals surface area contributed by atoms with Crippen LogP contribution < -0.4 is 5.32 Å². The molecule has 1 amide bonds. The predicted molar refractivity (Wildman–Crippen MR) is 86.7 cm³/mol. The number of para-hydroxylation sites is 1. The van der Waals surface area contributed by atoms with Gasteiger partial charge in [0.1, 0.15) is 5.41 Å². The first-order chi connectivity index (χ1) is 10.1. The molecule has 0 aliphatic rings. The quantitative estimate of drug-likeness (QED) is 0.899. The monoisotopic (exact) mass is 345 g/mol. The van der Waals surface area contributed by atoms with Crippen LogP contribution in [0.5, 0.6) is 0 Å². The highest BCUT2D eigenvalue weighted by Crippen LogP contribution is 2.29. The third kappa shape index (κ3) is 2.91. The lowest BCUT2D eigenvalue weighted by atomic mass is 9.83. The summed E-state index contributed by atoms with van der Waals surface area (Å²) in [5.74, 6) is -0.271. The van der Waals surface area contributed by atoms with E-state index in [4.69, 9.17) is 0 Å². The second kappa shape index (κ2) is 6.23. The highest BCUT2D eigenvalue weighted by atomic mass is 79.9. The van der Waals surface area contributed by atoms with Gasteiger partial charge in [0.25, 0.3) is 0 Å². The van der Waals surface area contributed by atoms with E-state index in [0.29, 0.717) is 24.0 Å². The van der Waals surface area contributed by atoms with E-state index in [1.54, 1.807) is 12.3 Å². The van der Waals surface area contributed by atoms with Crippen LogP contribution in [0.1, 0.15) is 26.7 Å². The molecule has 0 aliphatic carbocycles. The number of hydrogen-bond donors (Lipinski definition) is 1. The molecule has 1 N–H and O–H groups in total. The number of hydrogen-bond acceptors (Lipinski definition) is 3. The lowest BCUT2D eigenvalue weighted by Gasteiger charge is -2.22. The summed E-state index contributed by atoms with van der Waals surface area (Å²) < 4.78 is 0.881. The standard InChI is InChI=1S/C16H16BrN3O/c1-3-16(4-2,10-18)15(21)20-13-7-5-6-11-8-12(17)9-19-14(11)13/h5-9H,3-4H2,1-2H3,(H,20,21). The fourth-order valence-electron chi connectivity index (χ4n) is 2.26. The van der Waals surface area contributed by atoms with Crippen LogP contribution in [0.15, 0.2) is 34.9 Å². The maximum atomic E-state index is 12.5. The van der Waals surface area contributed by atoms with Gasteiger partial charge in [-0.05, 0) is 40.9 Å². The Kier molecular flexibility index (Phi) is 4.59. The normalized spacial score (nSPS) is 11.1. The van der Waals surface area contributed by atoms with Gasteiger partial charge in [-0.3, -0.25) is 9.78 Å². The number of benzene rings is 1. The summed E-state index contributed by atoms with van der Waals surface area (Å²) in [4.78, 5) is 16.8. The third-order valence-corrected chi connectivity index (χ3v) is 4.22. The van der Waals surface area contributed by atoms with Crippen LogP contribution in [0.4, 0.5) is 5.69 Å². The van der Waals surface area contributed by atoms with E-state index in [2.05, 4.69) is 32.3 Å². The Bertz CT molecular complexity index is 717. The average molecular weight is 346 g/mol. The summed E-state index contributed by atoms with van der Waals surface area (Å²) >= 11 is 3.38. The van der Waals surface area contributed by atoms with Crippen molar-refractivity contribution in [2.75, 3.05) is 5.32 Å². The number of amides is 1.